The van der Waals surface area contributed by atoms with E-state index in [0.717, 1.165) is 0 Å². The van der Waals surface area contributed by atoms with E-state index < -0.39 is 11.6 Å². The van der Waals surface area contributed by atoms with Crippen molar-refractivity contribution in [3.63, 3.8) is 0 Å². The Morgan fingerprint density at radius 2 is 2.36 bits per heavy atom. The molecule has 4 nitrogen and oxygen atoms in total. The summed E-state index contributed by atoms with van der Waals surface area (Å²) in [7, 11) is 1.39. The zero-order valence-electron chi connectivity index (χ0n) is 8.24. The van der Waals surface area contributed by atoms with E-state index in [1.54, 1.807) is 19.9 Å². The summed E-state index contributed by atoms with van der Waals surface area (Å²) >= 11 is 0. The van der Waals surface area contributed by atoms with Gasteiger partial charge in [-0.2, -0.15) is 5.26 Å². The Morgan fingerprint density at radius 3 is 2.71 bits per heavy atom. The number of alkyl halides is 1. The maximum absolute atomic E-state index is 14.0. The number of aromatic nitrogens is 1. The summed E-state index contributed by atoms with van der Waals surface area (Å²) in [6.07, 6.45) is 0. The number of methoxy groups -OCH3 is 1. The number of rotatable bonds is 3. The Labute approximate surface area is 81.3 Å². The number of halogens is 1. The molecule has 1 heterocycles. The molecule has 0 saturated carbocycles. The van der Waals surface area contributed by atoms with E-state index in [4.69, 9.17) is 14.5 Å². The van der Waals surface area contributed by atoms with E-state index in [0.29, 0.717) is 0 Å². The molecule has 0 radical (unpaired) electrons. The lowest BCUT2D eigenvalue weighted by Crippen LogP contribution is -2.24. The minimum atomic E-state index is -2.15. The molecule has 0 aromatic carbocycles. The van der Waals surface area contributed by atoms with Gasteiger partial charge in [-0.1, -0.05) is 13.8 Å². The molecule has 5 heteroatoms. The van der Waals surface area contributed by atoms with Crippen molar-refractivity contribution in [3.05, 3.63) is 11.8 Å². The average Bonchev–Trinajstić information content (AvgIpc) is 2.64. The smallest absolute Gasteiger partial charge is 0.257 e. The first-order chi connectivity index (χ1) is 6.54. The zero-order chi connectivity index (χ0) is 10.8. The van der Waals surface area contributed by atoms with Gasteiger partial charge in [0.1, 0.15) is 6.07 Å². The summed E-state index contributed by atoms with van der Waals surface area (Å²) in [5, 5.41) is 12.2. The van der Waals surface area contributed by atoms with Gasteiger partial charge in [0.05, 0.1) is 7.11 Å². The predicted octanol–water partition coefficient (Wildman–Crippen LogP) is 2.03. The van der Waals surface area contributed by atoms with Crippen molar-refractivity contribution < 1.29 is 13.7 Å². The first-order valence-electron chi connectivity index (χ1n) is 4.16. The highest BCUT2D eigenvalue weighted by Gasteiger charge is 2.40. The summed E-state index contributed by atoms with van der Waals surface area (Å²) in [4.78, 5) is 0. The molecule has 1 atom stereocenters. The molecular weight excluding hydrogens is 187 g/mol. The van der Waals surface area contributed by atoms with Gasteiger partial charge in [0.2, 0.25) is 0 Å². The van der Waals surface area contributed by atoms with Crippen LogP contribution in [0.1, 0.15) is 19.6 Å². The van der Waals surface area contributed by atoms with E-state index in [9.17, 15) is 4.39 Å². The summed E-state index contributed by atoms with van der Waals surface area (Å²) in [6.45, 7) is 3.19. The molecule has 0 bridgehead atoms. The van der Waals surface area contributed by atoms with Crippen LogP contribution in [0.3, 0.4) is 0 Å². The first kappa shape index (κ1) is 10.5. The van der Waals surface area contributed by atoms with E-state index in [-0.39, 0.29) is 11.6 Å². The van der Waals surface area contributed by atoms with Crippen LogP contribution in [-0.2, 0) is 5.67 Å². The average molecular weight is 198 g/mol. The SMILES string of the molecule is COc1cc(C(F)(C#N)C(C)C)on1. The van der Waals surface area contributed by atoms with Crippen molar-refractivity contribution in [1.82, 2.24) is 5.16 Å². The lowest BCUT2D eigenvalue weighted by Gasteiger charge is -2.17. The van der Waals surface area contributed by atoms with Crippen molar-refractivity contribution in [2.24, 2.45) is 5.92 Å². The molecule has 0 amide bonds. The third-order valence-corrected chi connectivity index (χ3v) is 2.01. The third kappa shape index (κ3) is 1.55. The standard InChI is InChI=1S/C9H11FN2O2/c1-6(2)9(10,5-11)7-4-8(13-3)12-14-7/h4,6H,1-3H3. The van der Waals surface area contributed by atoms with Gasteiger partial charge in [0.25, 0.3) is 11.5 Å². The van der Waals surface area contributed by atoms with Crippen molar-refractivity contribution in [2.45, 2.75) is 19.5 Å². The van der Waals surface area contributed by atoms with Crippen LogP contribution >= 0.6 is 0 Å². The highest BCUT2D eigenvalue weighted by atomic mass is 19.1. The van der Waals surface area contributed by atoms with Gasteiger partial charge in [-0.3, -0.25) is 0 Å². The quantitative estimate of drug-likeness (QED) is 0.745. The third-order valence-electron chi connectivity index (χ3n) is 2.01. The normalized spacial score (nSPS) is 14.9. The molecule has 1 aromatic rings. The summed E-state index contributed by atoms with van der Waals surface area (Å²) < 4.78 is 23.4. The molecule has 76 valence electrons. The van der Waals surface area contributed by atoms with E-state index in [1.165, 1.54) is 13.2 Å². The topological polar surface area (TPSA) is 59.0 Å². The minimum Gasteiger partial charge on any atom is -0.479 e. The van der Waals surface area contributed by atoms with E-state index in [2.05, 4.69) is 5.16 Å². The predicted molar refractivity (Wildman–Crippen MR) is 46.3 cm³/mol. The van der Waals surface area contributed by atoms with Gasteiger partial charge in [-0.15, -0.1) is 0 Å². The second-order valence-corrected chi connectivity index (χ2v) is 3.21. The second-order valence-electron chi connectivity index (χ2n) is 3.21. The monoisotopic (exact) mass is 198 g/mol. The Hall–Kier alpha value is -1.57. The Kier molecular flexibility index (Phi) is 2.75. The fourth-order valence-electron chi connectivity index (χ4n) is 0.995. The van der Waals surface area contributed by atoms with Crippen molar-refractivity contribution in [1.29, 1.82) is 5.26 Å². The number of hydrogen-bond donors (Lipinski definition) is 0. The summed E-state index contributed by atoms with van der Waals surface area (Å²) in [6, 6.07) is 2.86. The lowest BCUT2D eigenvalue weighted by atomic mass is 9.91. The molecular formula is C9H11FN2O2. The van der Waals surface area contributed by atoms with Crippen molar-refractivity contribution in [2.75, 3.05) is 7.11 Å². The molecule has 0 saturated heterocycles. The van der Waals surface area contributed by atoms with Crippen LogP contribution < -0.4 is 4.74 Å². The summed E-state index contributed by atoms with van der Waals surface area (Å²) in [5.41, 5.74) is -2.15. The number of nitrogens with zero attached hydrogens (tertiary/aromatic N) is 2. The van der Waals surface area contributed by atoms with Crippen molar-refractivity contribution >= 4 is 0 Å². The van der Waals surface area contributed by atoms with E-state index in [1.807, 2.05) is 0 Å². The number of hydrogen-bond acceptors (Lipinski definition) is 4. The van der Waals surface area contributed by atoms with Gasteiger partial charge in [0.15, 0.2) is 5.76 Å². The molecule has 1 aromatic heterocycles. The fraction of sp³-hybridized carbons (Fsp3) is 0.556. The van der Waals surface area contributed by atoms with Crippen LogP contribution in [0.5, 0.6) is 5.88 Å². The van der Waals surface area contributed by atoms with Crippen molar-refractivity contribution in [3.8, 4) is 11.9 Å². The molecule has 14 heavy (non-hydrogen) atoms. The Bertz CT molecular complexity index is 356. The molecule has 0 spiro atoms. The maximum atomic E-state index is 14.0. The summed E-state index contributed by atoms with van der Waals surface area (Å²) in [5.74, 6) is -0.463. The molecule has 0 aliphatic carbocycles. The molecule has 1 rings (SSSR count). The molecule has 0 N–H and O–H groups in total. The van der Waals surface area contributed by atoms with Crippen LogP contribution in [0.4, 0.5) is 4.39 Å². The lowest BCUT2D eigenvalue weighted by molar-refractivity contribution is 0.124. The van der Waals surface area contributed by atoms with Gasteiger partial charge >= 0.3 is 0 Å². The van der Waals surface area contributed by atoms with Crippen LogP contribution in [0, 0.1) is 17.2 Å². The Morgan fingerprint density at radius 1 is 1.71 bits per heavy atom. The van der Waals surface area contributed by atoms with Crippen LogP contribution in [0.2, 0.25) is 0 Å². The van der Waals surface area contributed by atoms with Gasteiger partial charge in [-0.25, -0.2) is 4.39 Å². The van der Waals surface area contributed by atoms with Crippen LogP contribution in [0.25, 0.3) is 0 Å². The molecule has 0 aliphatic rings. The fourth-order valence-corrected chi connectivity index (χ4v) is 0.995. The number of nitriles is 1. The van der Waals surface area contributed by atoms with E-state index >= 15 is 0 Å². The van der Waals surface area contributed by atoms with Crippen LogP contribution in [-0.4, -0.2) is 12.3 Å². The van der Waals surface area contributed by atoms with Gasteiger partial charge < -0.3 is 9.26 Å². The minimum absolute atomic E-state index is 0.119. The number of ether oxygens (including phenoxy) is 1. The van der Waals surface area contributed by atoms with Gasteiger partial charge in [-0.05, 0) is 5.16 Å². The van der Waals surface area contributed by atoms with Gasteiger partial charge in [0, 0.05) is 12.0 Å². The molecule has 0 aliphatic heterocycles. The zero-order valence-corrected chi connectivity index (χ0v) is 8.24. The largest absolute Gasteiger partial charge is 0.479 e. The molecule has 1 unspecified atom stereocenters. The second kappa shape index (κ2) is 3.66. The maximum Gasteiger partial charge on any atom is 0.257 e. The molecule has 0 fully saturated rings. The highest BCUT2D eigenvalue weighted by molar-refractivity contribution is 5.24. The highest BCUT2D eigenvalue weighted by Crippen LogP contribution is 2.34. The Balaban J connectivity index is 3.08. The first-order valence-corrected chi connectivity index (χ1v) is 4.16. The van der Waals surface area contributed by atoms with Crippen LogP contribution in [0.15, 0.2) is 10.6 Å².